The van der Waals surface area contributed by atoms with E-state index in [1.165, 1.54) is 51.1 Å². The topological polar surface area (TPSA) is 17.8 Å². The van der Waals surface area contributed by atoms with Gasteiger partial charge in [0.05, 0.1) is 5.69 Å². The van der Waals surface area contributed by atoms with E-state index in [0.29, 0.717) is 5.92 Å². The Morgan fingerprint density at radius 2 is 1.60 bits per heavy atom. The molecule has 206 valence electrons. The summed E-state index contributed by atoms with van der Waals surface area (Å²) in [6.07, 6.45) is 11.9. The highest BCUT2D eigenvalue weighted by Gasteiger charge is 2.27. The van der Waals surface area contributed by atoms with Crippen molar-refractivity contribution in [1.82, 2.24) is 9.55 Å². The van der Waals surface area contributed by atoms with Gasteiger partial charge in [0, 0.05) is 18.0 Å². The highest BCUT2D eigenvalue weighted by molar-refractivity contribution is 5.84. The van der Waals surface area contributed by atoms with E-state index in [2.05, 4.69) is 131 Å². The Kier molecular flexibility index (Phi) is 8.26. The SMILES string of the molecule is CC(C)C(C)C.Cc1cc(Cc2cccc3c2CC2=C3C=CCC2C)cc(C)c1-n1ccnc1-c1ccccc1. The maximum Gasteiger partial charge on any atom is 0.144 e. The van der Waals surface area contributed by atoms with Crippen LogP contribution in [-0.2, 0) is 12.8 Å². The first kappa shape index (κ1) is 27.9. The highest BCUT2D eigenvalue weighted by Crippen LogP contribution is 2.42. The van der Waals surface area contributed by atoms with Gasteiger partial charge < -0.3 is 0 Å². The summed E-state index contributed by atoms with van der Waals surface area (Å²) >= 11 is 0. The van der Waals surface area contributed by atoms with Gasteiger partial charge in [-0.2, -0.15) is 0 Å². The van der Waals surface area contributed by atoms with Gasteiger partial charge in [0.15, 0.2) is 0 Å². The number of aryl methyl sites for hydroxylation is 2. The van der Waals surface area contributed by atoms with Crippen LogP contribution in [0.5, 0.6) is 0 Å². The van der Waals surface area contributed by atoms with Crippen molar-refractivity contribution in [2.75, 3.05) is 0 Å². The maximum atomic E-state index is 4.67. The standard InChI is InChI=1S/C32H30N2.C6H14/c1-21-9-7-13-27-28-14-8-12-26(30(28)20-29(21)27)19-24-17-22(2)31(23(3)18-24)34-16-15-33-32(34)25-10-5-4-6-11-25;1-5(2)6(3)4/h4-8,10-18,21H,9,19-20H2,1-3H3;5-6H,1-4H3. The van der Waals surface area contributed by atoms with E-state index in [9.17, 15) is 0 Å². The zero-order valence-electron chi connectivity index (χ0n) is 25.3. The van der Waals surface area contributed by atoms with Crippen molar-refractivity contribution in [2.45, 2.75) is 67.7 Å². The third-order valence-corrected chi connectivity index (χ3v) is 8.84. The fourth-order valence-electron chi connectivity index (χ4n) is 5.92. The Labute approximate surface area is 241 Å². The van der Waals surface area contributed by atoms with Crippen LogP contribution in [0.25, 0.3) is 22.6 Å². The molecular weight excluding hydrogens is 484 g/mol. The molecule has 2 nitrogen and oxygen atoms in total. The predicted molar refractivity (Wildman–Crippen MR) is 171 cm³/mol. The molecule has 0 aliphatic heterocycles. The summed E-state index contributed by atoms with van der Waals surface area (Å²) in [4.78, 5) is 4.67. The van der Waals surface area contributed by atoms with Gasteiger partial charge in [-0.1, -0.05) is 113 Å². The number of aromatic nitrogens is 2. The summed E-state index contributed by atoms with van der Waals surface area (Å²) < 4.78 is 2.23. The van der Waals surface area contributed by atoms with Crippen LogP contribution in [0.2, 0.25) is 0 Å². The molecule has 0 amide bonds. The summed E-state index contributed by atoms with van der Waals surface area (Å²) in [5, 5.41) is 0. The molecule has 2 aliphatic carbocycles. The summed E-state index contributed by atoms with van der Waals surface area (Å²) in [5.41, 5.74) is 13.9. The number of benzene rings is 3. The van der Waals surface area contributed by atoms with Crippen LogP contribution in [0.4, 0.5) is 0 Å². The van der Waals surface area contributed by atoms with Crippen LogP contribution >= 0.6 is 0 Å². The molecule has 0 bridgehead atoms. The van der Waals surface area contributed by atoms with Crippen molar-refractivity contribution in [2.24, 2.45) is 17.8 Å². The largest absolute Gasteiger partial charge is 0.299 e. The lowest BCUT2D eigenvalue weighted by Crippen LogP contribution is -2.04. The van der Waals surface area contributed by atoms with Crippen molar-refractivity contribution in [3.05, 3.63) is 124 Å². The lowest BCUT2D eigenvalue weighted by atomic mass is 9.89. The molecule has 1 aromatic heterocycles. The van der Waals surface area contributed by atoms with E-state index in [1.807, 2.05) is 12.3 Å². The third-order valence-electron chi connectivity index (χ3n) is 8.84. The first-order valence-electron chi connectivity index (χ1n) is 14.9. The molecule has 3 aromatic carbocycles. The number of hydrogen-bond acceptors (Lipinski definition) is 1. The molecule has 0 saturated carbocycles. The van der Waals surface area contributed by atoms with Crippen LogP contribution in [0.15, 0.2) is 90.8 Å². The van der Waals surface area contributed by atoms with Crippen LogP contribution < -0.4 is 0 Å². The molecule has 1 heterocycles. The van der Waals surface area contributed by atoms with Crippen molar-refractivity contribution in [3.8, 4) is 17.1 Å². The smallest absolute Gasteiger partial charge is 0.144 e. The van der Waals surface area contributed by atoms with Crippen molar-refractivity contribution in [1.29, 1.82) is 0 Å². The van der Waals surface area contributed by atoms with Gasteiger partial charge >= 0.3 is 0 Å². The Hall–Kier alpha value is -3.65. The monoisotopic (exact) mass is 528 g/mol. The molecule has 2 heteroatoms. The van der Waals surface area contributed by atoms with Crippen LogP contribution in [-0.4, -0.2) is 9.55 Å². The normalized spacial score (nSPS) is 15.8. The fraction of sp³-hybridized carbons (Fsp3) is 0.342. The maximum absolute atomic E-state index is 4.67. The van der Waals surface area contributed by atoms with Gasteiger partial charge in [-0.15, -0.1) is 0 Å². The number of fused-ring (bicyclic) bond motifs is 2. The Balaban J connectivity index is 0.000000487. The molecule has 1 unspecified atom stereocenters. The molecule has 1 atom stereocenters. The van der Waals surface area contributed by atoms with Crippen LogP contribution in [0, 0.1) is 31.6 Å². The fourth-order valence-corrected chi connectivity index (χ4v) is 5.92. The first-order valence-corrected chi connectivity index (χ1v) is 14.9. The minimum absolute atomic E-state index is 0.651. The molecule has 0 fully saturated rings. The van der Waals surface area contributed by atoms with Crippen molar-refractivity contribution < 1.29 is 0 Å². The summed E-state index contributed by atoms with van der Waals surface area (Å²) in [6, 6.07) is 22.0. The highest BCUT2D eigenvalue weighted by atomic mass is 15.1. The molecule has 0 spiro atoms. The zero-order chi connectivity index (χ0) is 28.4. The Morgan fingerprint density at radius 1 is 0.900 bits per heavy atom. The van der Waals surface area contributed by atoms with Gasteiger partial charge in [-0.3, -0.25) is 4.57 Å². The van der Waals surface area contributed by atoms with Crippen LogP contribution in [0.1, 0.15) is 74.4 Å². The zero-order valence-corrected chi connectivity index (χ0v) is 25.3. The number of imidazole rings is 1. The number of allylic oxidation sites excluding steroid dienone is 4. The average Bonchev–Trinajstić information content (AvgIpc) is 3.56. The molecule has 0 saturated heterocycles. The van der Waals surface area contributed by atoms with E-state index >= 15 is 0 Å². The van der Waals surface area contributed by atoms with Crippen molar-refractivity contribution in [3.63, 3.8) is 0 Å². The molecular formula is C38H44N2. The number of nitrogens with zero attached hydrogens (tertiary/aromatic N) is 2. The average molecular weight is 529 g/mol. The molecule has 0 radical (unpaired) electrons. The van der Waals surface area contributed by atoms with E-state index in [4.69, 9.17) is 0 Å². The van der Waals surface area contributed by atoms with E-state index < -0.39 is 0 Å². The van der Waals surface area contributed by atoms with Gasteiger partial charge in [-0.25, -0.2) is 4.98 Å². The lowest BCUT2D eigenvalue weighted by Gasteiger charge is -2.17. The lowest BCUT2D eigenvalue weighted by molar-refractivity contribution is 0.457. The van der Waals surface area contributed by atoms with Crippen molar-refractivity contribution >= 4 is 5.57 Å². The Morgan fingerprint density at radius 3 is 2.27 bits per heavy atom. The minimum atomic E-state index is 0.651. The molecule has 40 heavy (non-hydrogen) atoms. The number of hydrogen-bond donors (Lipinski definition) is 0. The molecule has 2 aliphatic rings. The van der Waals surface area contributed by atoms with Crippen LogP contribution in [0.3, 0.4) is 0 Å². The molecule has 6 rings (SSSR count). The second-order valence-electron chi connectivity index (χ2n) is 12.3. The van der Waals surface area contributed by atoms with E-state index in [0.717, 1.165) is 36.1 Å². The quantitative estimate of drug-likeness (QED) is 0.252. The van der Waals surface area contributed by atoms with Gasteiger partial charge in [0.1, 0.15) is 5.82 Å². The minimum Gasteiger partial charge on any atom is -0.299 e. The first-order chi connectivity index (χ1) is 19.2. The van der Waals surface area contributed by atoms with Gasteiger partial charge in [0.2, 0.25) is 0 Å². The predicted octanol–water partition coefficient (Wildman–Crippen LogP) is 9.95. The third kappa shape index (κ3) is 5.63. The summed E-state index contributed by atoms with van der Waals surface area (Å²) in [6.45, 7) is 15.8. The second kappa shape index (κ2) is 11.8. The number of rotatable bonds is 5. The summed E-state index contributed by atoms with van der Waals surface area (Å²) in [7, 11) is 0. The summed E-state index contributed by atoms with van der Waals surface area (Å²) in [5.74, 6) is 3.34. The Bertz CT molecular complexity index is 1520. The van der Waals surface area contributed by atoms with Gasteiger partial charge in [0.25, 0.3) is 0 Å². The second-order valence-corrected chi connectivity index (χ2v) is 12.3. The van der Waals surface area contributed by atoms with E-state index in [-0.39, 0.29) is 0 Å². The van der Waals surface area contributed by atoms with E-state index in [1.54, 1.807) is 5.57 Å². The molecule has 0 N–H and O–H groups in total. The van der Waals surface area contributed by atoms with Gasteiger partial charge in [-0.05, 0) is 89.8 Å². The molecule has 4 aromatic rings.